The van der Waals surface area contributed by atoms with Crippen molar-refractivity contribution in [3.63, 3.8) is 0 Å². The van der Waals surface area contributed by atoms with Crippen molar-refractivity contribution in [2.75, 3.05) is 25.7 Å². The van der Waals surface area contributed by atoms with E-state index in [-0.39, 0.29) is 10.7 Å². The van der Waals surface area contributed by atoms with E-state index in [2.05, 4.69) is 6.07 Å². The van der Waals surface area contributed by atoms with E-state index in [9.17, 15) is 9.59 Å². The van der Waals surface area contributed by atoms with Crippen LogP contribution in [0.5, 0.6) is 11.5 Å². The highest BCUT2D eigenvalue weighted by atomic mass is 35.5. The lowest BCUT2D eigenvalue weighted by molar-refractivity contribution is -0.121. The van der Waals surface area contributed by atoms with Gasteiger partial charge in [0.1, 0.15) is 22.2 Å². The first-order valence-corrected chi connectivity index (χ1v) is 9.25. The largest absolute Gasteiger partial charge is 0.497 e. The highest BCUT2D eigenvalue weighted by Crippen LogP contribution is 2.39. The van der Waals surface area contributed by atoms with Gasteiger partial charge in [-0.25, -0.2) is 4.90 Å². The van der Waals surface area contributed by atoms with Crippen LogP contribution in [-0.2, 0) is 22.6 Å². The van der Waals surface area contributed by atoms with Gasteiger partial charge in [0.2, 0.25) is 0 Å². The average Bonchev–Trinajstić information content (AvgIpc) is 2.95. The van der Waals surface area contributed by atoms with Crippen molar-refractivity contribution in [2.24, 2.45) is 0 Å². The Kier molecular flexibility index (Phi) is 4.73. The van der Waals surface area contributed by atoms with E-state index in [0.717, 1.165) is 16.9 Å². The molecule has 2 aliphatic rings. The summed E-state index contributed by atoms with van der Waals surface area (Å²) in [5.74, 6) is -0.127. The number of carbonyl (C=O) groups is 2. The molecule has 0 radical (unpaired) electrons. The third-order valence-corrected chi connectivity index (χ3v) is 5.42. The molecule has 0 spiro atoms. The molecule has 2 aromatic rings. The Labute approximate surface area is 167 Å². The lowest BCUT2D eigenvalue weighted by Gasteiger charge is -2.31. The molecular formula is C21H19ClN2O4. The van der Waals surface area contributed by atoms with E-state index in [1.165, 1.54) is 19.8 Å². The Hall–Kier alpha value is -2.99. The minimum Gasteiger partial charge on any atom is -0.497 e. The minimum atomic E-state index is -0.563. The number of imide groups is 1. The maximum atomic E-state index is 13.2. The smallest absolute Gasteiger partial charge is 0.283 e. The summed E-state index contributed by atoms with van der Waals surface area (Å²) in [6, 6.07) is 13.0. The molecule has 2 amide bonds. The molecule has 0 unspecified atom stereocenters. The summed E-state index contributed by atoms with van der Waals surface area (Å²) in [7, 11) is 2.99. The van der Waals surface area contributed by atoms with Gasteiger partial charge in [-0.05, 0) is 29.7 Å². The first-order chi connectivity index (χ1) is 13.5. The van der Waals surface area contributed by atoms with Crippen LogP contribution < -0.4 is 14.4 Å². The lowest BCUT2D eigenvalue weighted by atomic mass is 9.99. The van der Waals surface area contributed by atoms with Gasteiger partial charge < -0.3 is 14.4 Å². The summed E-state index contributed by atoms with van der Waals surface area (Å²) in [5, 5.41) is -0.0748. The molecule has 0 atom stereocenters. The van der Waals surface area contributed by atoms with Crippen molar-refractivity contribution in [1.82, 2.24) is 4.90 Å². The summed E-state index contributed by atoms with van der Waals surface area (Å²) in [5.41, 5.74) is 2.91. The maximum Gasteiger partial charge on any atom is 0.283 e. The summed E-state index contributed by atoms with van der Waals surface area (Å²) in [6.45, 7) is 1.15. The predicted molar refractivity (Wildman–Crippen MR) is 105 cm³/mol. The second-order valence-electron chi connectivity index (χ2n) is 6.59. The fraction of sp³-hybridized carbons (Fsp3) is 0.238. The molecule has 28 heavy (non-hydrogen) atoms. The number of benzene rings is 2. The highest BCUT2D eigenvalue weighted by Gasteiger charge is 2.43. The molecule has 2 aromatic carbocycles. The Balaban J connectivity index is 1.70. The second kappa shape index (κ2) is 7.20. The minimum absolute atomic E-state index is 0.0748. The molecule has 0 aromatic heterocycles. The summed E-state index contributed by atoms with van der Waals surface area (Å²) >= 11 is 6.35. The van der Waals surface area contributed by atoms with Gasteiger partial charge in [-0.2, -0.15) is 0 Å². The van der Waals surface area contributed by atoms with Crippen LogP contribution in [0, 0.1) is 0 Å². The number of carbonyl (C=O) groups excluding carboxylic acids is 2. The molecule has 7 heteroatoms. The molecule has 0 N–H and O–H groups in total. The number of ether oxygens (including phenoxy) is 2. The third-order valence-electron chi connectivity index (χ3n) is 5.08. The number of fused-ring (bicyclic) bond motifs is 1. The van der Waals surface area contributed by atoms with Gasteiger partial charge in [-0.3, -0.25) is 9.59 Å². The Morgan fingerprint density at radius 1 is 0.964 bits per heavy atom. The molecule has 2 heterocycles. The summed E-state index contributed by atoms with van der Waals surface area (Å²) in [6.07, 6.45) is 0.786. The van der Waals surface area contributed by atoms with Gasteiger partial charge in [-0.1, -0.05) is 35.9 Å². The van der Waals surface area contributed by atoms with E-state index in [0.29, 0.717) is 30.3 Å². The van der Waals surface area contributed by atoms with Gasteiger partial charge in [0, 0.05) is 19.2 Å². The molecular weight excluding hydrogens is 380 g/mol. The Morgan fingerprint density at radius 3 is 2.43 bits per heavy atom. The van der Waals surface area contributed by atoms with E-state index in [1.807, 2.05) is 23.1 Å². The number of amides is 2. The number of hydrogen-bond acceptors (Lipinski definition) is 5. The van der Waals surface area contributed by atoms with E-state index >= 15 is 0 Å². The van der Waals surface area contributed by atoms with Gasteiger partial charge >= 0.3 is 0 Å². The van der Waals surface area contributed by atoms with Crippen LogP contribution in [0.25, 0.3) is 0 Å². The van der Waals surface area contributed by atoms with Gasteiger partial charge in [-0.15, -0.1) is 0 Å². The van der Waals surface area contributed by atoms with Crippen LogP contribution in [0.2, 0.25) is 0 Å². The SMILES string of the molecule is COc1ccc(OC)c(N2C(=O)C(Cl)=C(N3CCc4ccccc4C3)C2=O)c1. The van der Waals surface area contributed by atoms with Gasteiger partial charge in [0.05, 0.1) is 19.9 Å². The van der Waals surface area contributed by atoms with E-state index < -0.39 is 11.8 Å². The molecule has 0 bridgehead atoms. The third kappa shape index (κ3) is 2.90. The van der Waals surface area contributed by atoms with Gasteiger partial charge in [0.15, 0.2) is 0 Å². The molecule has 0 aliphatic carbocycles. The topological polar surface area (TPSA) is 59.1 Å². The van der Waals surface area contributed by atoms with Crippen LogP contribution in [0.4, 0.5) is 5.69 Å². The van der Waals surface area contributed by atoms with Crippen molar-refractivity contribution in [2.45, 2.75) is 13.0 Å². The first-order valence-electron chi connectivity index (χ1n) is 8.87. The Bertz CT molecular complexity index is 1000. The number of nitrogens with zero attached hydrogens (tertiary/aromatic N) is 2. The summed E-state index contributed by atoms with van der Waals surface area (Å²) in [4.78, 5) is 29.0. The molecule has 0 saturated heterocycles. The van der Waals surface area contributed by atoms with Gasteiger partial charge in [0.25, 0.3) is 11.8 Å². The molecule has 4 rings (SSSR count). The first kappa shape index (κ1) is 18.4. The fourth-order valence-corrected chi connectivity index (χ4v) is 3.93. The van der Waals surface area contributed by atoms with E-state index in [4.69, 9.17) is 21.1 Å². The zero-order valence-corrected chi connectivity index (χ0v) is 16.3. The highest BCUT2D eigenvalue weighted by molar-refractivity contribution is 6.52. The van der Waals surface area contributed by atoms with Crippen LogP contribution in [0.1, 0.15) is 11.1 Å². The summed E-state index contributed by atoms with van der Waals surface area (Å²) < 4.78 is 10.6. The second-order valence-corrected chi connectivity index (χ2v) is 6.96. The zero-order chi connectivity index (χ0) is 19.8. The quantitative estimate of drug-likeness (QED) is 0.741. The molecule has 6 nitrogen and oxygen atoms in total. The van der Waals surface area contributed by atoms with Crippen LogP contribution in [0.3, 0.4) is 0 Å². The predicted octanol–water partition coefficient (Wildman–Crippen LogP) is 3.09. The number of hydrogen-bond donors (Lipinski definition) is 0. The van der Waals surface area contributed by atoms with Crippen molar-refractivity contribution < 1.29 is 19.1 Å². The average molecular weight is 399 g/mol. The molecule has 144 valence electrons. The van der Waals surface area contributed by atoms with Crippen molar-refractivity contribution in [3.8, 4) is 11.5 Å². The number of anilines is 1. The number of methoxy groups -OCH3 is 2. The monoisotopic (exact) mass is 398 g/mol. The van der Waals surface area contributed by atoms with Crippen molar-refractivity contribution in [1.29, 1.82) is 0 Å². The van der Waals surface area contributed by atoms with Crippen LogP contribution >= 0.6 is 11.6 Å². The number of rotatable bonds is 4. The van der Waals surface area contributed by atoms with E-state index in [1.54, 1.807) is 18.2 Å². The fourth-order valence-electron chi connectivity index (χ4n) is 3.64. The Morgan fingerprint density at radius 2 is 1.71 bits per heavy atom. The molecule has 2 aliphatic heterocycles. The zero-order valence-electron chi connectivity index (χ0n) is 15.6. The van der Waals surface area contributed by atoms with Crippen LogP contribution in [-0.4, -0.2) is 37.5 Å². The van der Waals surface area contributed by atoms with Crippen molar-refractivity contribution >= 4 is 29.1 Å². The van der Waals surface area contributed by atoms with Crippen molar-refractivity contribution in [3.05, 3.63) is 64.3 Å². The standard InChI is InChI=1S/C21H19ClN2O4/c1-27-15-7-8-17(28-2)16(11-15)24-20(25)18(22)19(21(24)26)23-10-9-13-5-3-4-6-14(13)12-23/h3-8,11H,9-10,12H2,1-2H3. The van der Waals surface area contributed by atoms with Crippen LogP contribution in [0.15, 0.2) is 53.2 Å². The lowest BCUT2D eigenvalue weighted by Crippen LogP contribution is -2.37. The molecule has 0 fully saturated rings. The molecule has 0 saturated carbocycles. The maximum absolute atomic E-state index is 13.2. The number of halogens is 1. The normalized spacial score (nSPS) is 16.5.